The molecule has 0 fully saturated rings. The Morgan fingerprint density at radius 1 is 1.26 bits per heavy atom. The molecule has 106 valence electrons. The van der Waals surface area contributed by atoms with E-state index in [1.165, 1.54) is 0 Å². The van der Waals surface area contributed by atoms with Crippen molar-refractivity contribution < 1.29 is 30.0 Å². The van der Waals surface area contributed by atoms with E-state index in [0.717, 1.165) is 12.1 Å². The highest BCUT2D eigenvalue weighted by atomic mass is 16.5. The molecule has 0 amide bonds. The maximum Gasteiger partial charge on any atom is 0.338 e. The summed E-state index contributed by atoms with van der Waals surface area (Å²) in [6, 6.07) is 2.02. The Bertz CT molecular complexity index is 420. The number of benzene rings is 1. The van der Waals surface area contributed by atoms with Gasteiger partial charge in [-0.05, 0) is 31.4 Å². The van der Waals surface area contributed by atoms with Crippen LogP contribution < -0.4 is 0 Å². The number of phenolic OH excluding ortho intramolecular Hbond substituents is 3. The summed E-state index contributed by atoms with van der Waals surface area (Å²) in [6.07, 6.45) is 1.31. The highest BCUT2D eigenvalue weighted by Gasteiger charge is 2.14. The second-order valence-corrected chi connectivity index (χ2v) is 4.20. The fourth-order valence-corrected chi connectivity index (χ4v) is 1.49. The first-order valence-electron chi connectivity index (χ1n) is 6.05. The van der Waals surface area contributed by atoms with Crippen LogP contribution in [0.3, 0.4) is 0 Å². The zero-order valence-corrected chi connectivity index (χ0v) is 10.7. The average Bonchev–Trinajstić information content (AvgIpc) is 2.39. The molecule has 0 aliphatic rings. The quantitative estimate of drug-likeness (QED) is 0.354. The van der Waals surface area contributed by atoms with E-state index < -0.39 is 29.3 Å². The van der Waals surface area contributed by atoms with Crippen molar-refractivity contribution in [2.24, 2.45) is 0 Å². The van der Waals surface area contributed by atoms with Gasteiger partial charge in [-0.15, -0.1) is 0 Å². The molecule has 0 aliphatic heterocycles. The summed E-state index contributed by atoms with van der Waals surface area (Å²) in [7, 11) is 0. The van der Waals surface area contributed by atoms with Crippen LogP contribution in [0.2, 0.25) is 0 Å². The SMILES string of the molecule is CCC(O)CCCOC(=O)c1cc(O)c(O)c(O)c1. The predicted molar refractivity (Wildman–Crippen MR) is 67.3 cm³/mol. The number of aromatic hydroxyl groups is 3. The largest absolute Gasteiger partial charge is 0.504 e. The molecule has 1 rings (SSSR count). The zero-order chi connectivity index (χ0) is 14.4. The molecule has 1 atom stereocenters. The van der Waals surface area contributed by atoms with Crippen LogP contribution in [0.4, 0.5) is 0 Å². The van der Waals surface area contributed by atoms with Gasteiger partial charge in [0.15, 0.2) is 17.2 Å². The Morgan fingerprint density at radius 3 is 2.37 bits per heavy atom. The van der Waals surface area contributed by atoms with Crippen LogP contribution in [0.25, 0.3) is 0 Å². The molecule has 0 saturated carbocycles. The highest BCUT2D eigenvalue weighted by molar-refractivity contribution is 5.91. The van der Waals surface area contributed by atoms with Crippen LogP contribution in [0.5, 0.6) is 17.2 Å². The van der Waals surface area contributed by atoms with Gasteiger partial charge in [-0.2, -0.15) is 0 Å². The molecule has 4 N–H and O–H groups in total. The Labute approximate surface area is 110 Å². The Kier molecular flexibility index (Phi) is 5.44. The second-order valence-electron chi connectivity index (χ2n) is 4.20. The van der Waals surface area contributed by atoms with Crippen molar-refractivity contribution >= 4 is 5.97 Å². The summed E-state index contributed by atoms with van der Waals surface area (Å²) in [4.78, 5) is 11.6. The number of ether oxygens (including phenoxy) is 1. The van der Waals surface area contributed by atoms with Gasteiger partial charge in [0.05, 0.1) is 18.3 Å². The molecule has 0 aromatic heterocycles. The van der Waals surface area contributed by atoms with Gasteiger partial charge < -0.3 is 25.2 Å². The fourth-order valence-electron chi connectivity index (χ4n) is 1.49. The van der Waals surface area contributed by atoms with E-state index in [1.54, 1.807) is 0 Å². The zero-order valence-electron chi connectivity index (χ0n) is 10.7. The minimum Gasteiger partial charge on any atom is -0.504 e. The molecule has 0 aliphatic carbocycles. The molecule has 1 aromatic rings. The summed E-state index contributed by atoms with van der Waals surface area (Å²) >= 11 is 0. The van der Waals surface area contributed by atoms with Crippen LogP contribution in [0.1, 0.15) is 36.5 Å². The summed E-state index contributed by atoms with van der Waals surface area (Å²) in [6.45, 7) is 2.00. The Balaban J connectivity index is 2.50. The summed E-state index contributed by atoms with van der Waals surface area (Å²) < 4.78 is 4.92. The number of phenols is 3. The van der Waals surface area contributed by atoms with Crippen molar-refractivity contribution in [1.82, 2.24) is 0 Å². The molecule has 6 heteroatoms. The first-order valence-corrected chi connectivity index (χ1v) is 6.05. The van der Waals surface area contributed by atoms with Gasteiger partial charge in [0.2, 0.25) is 0 Å². The van der Waals surface area contributed by atoms with E-state index in [0.29, 0.717) is 19.3 Å². The van der Waals surface area contributed by atoms with Crippen LogP contribution in [0.15, 0.2) is 12.1 Å². The number of carbonyl (C=O) groups is 1. The lowest BCUT2D eigenvalue weighted by Gasteiger charge is -2.09. The van der Waals surface area contributed by atoms with Crippen molar-refractivity contribution in [1.29, 1.82) is 0 Å². The highest BCUT2D eigenvalue weighted by Crippen LogP contribution is 2.35. The number of rotatable bonds is 6. The Morgan fingerprint density at radius 2 is 1.84 bits per heavy atom. The van der Waals surface area contributed by atoms with E-state index in [2.05, 4.69) is 0 Å². The third kappa shape index (κ3) is 4.33. The first kappa shape index (κ1) is 15.1. The summed E-state index contributed by atoms with van der Waals surface area (Å²) in [5.74, 6) is -2.57. The predicted octanol–water partition coefficient (Wildman–Crippen LogP) is 1.51. The van der Waals surface area contributed by atoms with Crippen LogP contribution in [0, 0.1) is 0 Å². The lowest BCUT2D eigenvalue weighted by Crippen LogP contribution is -2.10. The fraction of sp³-hybridized carbons (Fsp3) is 0.462. The maximum absolute atomic E-state index is 11.6. The number of hydrogen-bond acceptors (Lipinski definition) is 6. The van der Waals surface area contributed by atoms with Gasteiger partial charge in [-0.25, -0.2) is 4.79 Å². The third-order valence-electron chi connectivity index (χ3n) is 2.69. The van der Waals surface area contributed by atoms with E-state index in [9.17, 15) is 20.1 Å². The van der Waals surface area contributed by atoms with E-state index in [4.69, 9.17) is 9.84 Å². The molecule has 0 radical (unpaired) electrons. The average molecular weight is 270 g/mol. The molecule has 19 heavy (non-hydrogen) atoms. The molecule has 0 saturated heterocycles. The number of aliphatic hydroxyl groups excluding tert-OH is 1. The topological polar surface area (TPSA) is 107 Å². The molecule has 6 nitrogen and oxygen atoms in total. The van der Waals surface area contributed by atoms with Gasteiger partial charge in [0, 0.05) is 0 Å². The van der Waals surface area contributed by atoms with E-state index in [1.807, 2.05) is 6.92 Å². The van der Waals surface area contributed by atoms with Crippen molar-refractivity contribution in [2.75, 3.05) is 6.61 Å². The molecule has 1 unspecified atom stereocenters. The molecule has 0 bridgehead atoms. The number of aliphatic hydroxyl groups is 1. The molecular formula is C13H18O6. The standard InChI is InChI=1S/C13H18O6/c1-2-9(14)4-3-5-19-13(18)8-6-10(15)12(17)11(16)7-8/h6-7,9,14-17H,2-5H2,1H3. The minimum atomic E-state index is -0.711. The minimum absolute atomic E-state index is 0.0520. The Hall–Kier alpha value is -1.95. The van der Waals surface area contributed by atoms with E-state index >= 15 is 0 Å². The van der Waals surface area contributed by atoms with Gasteiger partial charge in [-0.1, -0.05) is 6.92 Å². The second kappa shape index (κ2) is 6.84. The van der Waals surface area contributed by atoms with Crippen LogP contribution in [-0.2, 0) is 4.74 Å². The normalized spacial score (nSPS) is 12.1. The van der Waals surface area contributed by atoms with Crippen molar-refractivity contribution in [3.63, 3.8) is 0 Å². The van der Waals surface area contributed by atoms with Crippen LogP contribution in [-0.4, -0.2) is 39.1 Å². The third-order valence-corrected chi connectivity index (χ3v) is 2.69. The molecule has 0 heterocycles. The monoisotopic (exact) mass is 270 g/mol. The molecule has 1 aromatic carbocycles. The summed E-state index contributed by atoms with van der Waals surface area (Å²) in [5.41, 5.74) is -0.0520. The van der Waals surface area contributed by atoms with Gasteiger partial charge >= 0.3 is 5.97 Å². The van der Waals surface area contributed by atoms with E-state index in [-0.39, 0.29) is 12.2 Å². The lowest BCUT2D eigenvalue weighted by atomic mass is 10.1. The number of carbonyl (C=O) groups excluding carboxylic acids is 1. The van der Waals surface area contributed by atoms with Crippen molar-refractivity contribution in [3.8, 4) is 17.2 Å². The molecule has 0 spiro atoms. The first-order chi connectivity index (χ1) is 8.95. The number of hydrogen-bond donors (Lipinski definition) is 4. The maximum atomic E-state index is 11.6. The number of esters is 1. The summed E-state index contributed by atoms with van der Waals surface area (Å²) in [5, 5.41) is 37.0. The van der Waals surface area contributed by atoms with Gasteiger partial charge in [-0.3, -0.25) is 0 Å². The van der Waals surface area contributed by atoms with Crippen molar-refractivity contribution in [3.05, 3.63) is 17.7 Å². The smallest absolute Gasteiger partial charge is 0.338 e. The van der Waals surface area contributed by atoms with Crippen LogP contribution >= 0.6 is 0 Å². The molecular weight excluding hydrogens is 252 g/mol. The van der Waals surface area contributed by atoms with Gasteiger partial charge in [0.25, 0.3) is 0 Å². The van der Waals surface area contributed by atoms with Gasteiger partial charge in [0.1, 0.15) is 0 Å². The lowest BCUT2D eigenvalue weighted by molar-refractivity contribution is 0.0475. The van der Waals surface area contributed by atoms with Crippen molar-refractivity contribution in [2.45, 2.75) is 32.3 Å².